The zero-order chi connectivity index (χ0) is 18.1. The van der Waals surface area contributed by atoms with E-state index in [1.165, 1.54) is 0 Å². The molecule has 3 aromatic rings. The fourth-order valence-corrected chi connectivity index (χ4v) is 3.00. The summed E-state index contributed by atoms with van der Waals surface area (Å²) in [6.07, 6.45) is 0. The summed E-state index contributed by atoms with van der Waals surface area (Å²) in [5, 5.41) is 10.8. The van der Waals surface area contributed by atoms with Gasteiger partial charge in [-0.05, 0) is 20.8 Å². The second-order valence-corrected chi connectivity index (χ2v) is 5.53. The first-order valence-electron chi connectivity index (χ1n) is 8.08. The number of carbonyl (C=O) groups is 1. The molecule has 130 valence electrons. The van der Waals surface area contributed by atoms with Gasteiger partial charge in [0.1, 0.15) is 22.6 Å². The molecule has 0 saturated heterocycles. The minimum Gasteiger partial charge on any atom is -0.462 e. The van der Waals surface area contributed by atoms with Crippen molar-refractivity contribution >= 4 is 17.1 Å². The lowest BCUT2D eigenvalue weighted by molar-refractivity contribution is 0.0522. The Morgan fingerprint density at radius 2 is 1.92 bits per heavy atom. The third-order valence-electron chi connectivity index (χ3n) is 4.07. The molecule has 7 nitrogen and oxygen atoms in total. The van der Waals surface area contributed by atoms with Crippen LogP contribution in [-0.4, -0.2) is 32.1 Å². The van der Waals surface area contributed by atoms with Crippen molar-refractivity contribution in [2.45, 2.75) is 27.3 Å². The molecular formula is C18H19N3O4. The normalized spacial score (nSPS) is 11.0. The third-order valence-corrected chi connectivity index (χ3v) is 4.07. The minimum atomic E-state index is -0.766. The molecule has 0 fully saturated rings. The number of imidazole rings is 1. The van der Waals surface area contributed by atoms with Crippen molar-refractivity contribution < 1.29 is 14.7 Å². The van der Waals surface area contributed by atoms with Crippen molar-refractivity contribution in [2.75, 3.05) is 6.61 Å². The van der Waals surface area contributed by atoms with Gasteiger partial charge in [-0.1, -0.05) is 30.3 Å². The Bertz CT molecular complexity index is 1000. The van der Waals surface area contributed by atoms with Gasteiger partial charge >= 0.3 is 5.97 Å². The molecule has 25 heavy (non-hydrogen) atoms. The van der Waals surface area contributed by atoms with Crippen LogP contribution in [0.3, 0.4) is 0 Å². The number of benzene rings is 1. The van der Waals surface area contributed by atoms with Crippen molar-refractivity contribution in [1.82, 2.24) is 14.3 Å². The van der Waals surface area contributed by atoms with E-state index >= 15 is 0 Å². The van der Waals surface area contributed by atoms with E-state index in [2.05, 4.69) is 4.98 Å². The average Bonchev–Trinajstić information content (AvgIpc) is 2.95. The predicted molar refractivity (Wildman–Crippen MR) is 93.0 cm³/mol. The Hall–Kier alpha value is -3.09. The summed E-state index contributed by atoms with van der Waals surface area (Å²) in [5.74, 6) is -0.185. The summed E-state index contributed by atoms with van der Waals surface area (Å²) in [5.41, 5.74) is 0.215. The number of carbonyl (C=O) groups excluding carboxylic acids is 1. The van der Waals surface area contributed by atoms with Crippen LogP contribution in [0, 0.1) is 6.92 Å². The largest absolute Gasteiger partial charge is 0.462 e. The fourth-order valence-electron chi connectivity index (χ4n) is 3.00. The van der Waals surface area contributed by atoms with Crippen LogP contribution < -0.4 is 5.43 Å². The van der Waals surface area contributed by atoms with Gasteiger partial charge < -0.3 is 14.5 Å². The average molecular weight is 341 g/mol. The quantitative estimate of drug-likeness (QED) is 0.582. The number of nitrogens with zero attached hydrogens (tertiary/aromatic N) is 3. The van der Waals surface area contributed by atoms with E-state index in [4.69, 9.17) is 4.74 Å². The molecule has 0 aliphatic carbocycles. The maximum Gasteiger partial charge on any atom is 0.344 e. The van der Waals surface area contributed by atoms with Crippen LogP contribution in [0.15, 0.2) is 35.1 Å². The fraction of sp³-hybridized carbons (Fsp3) is 0.278. The van der Waals surface area contributed by atoms with Crippen molar-refractivity contribution in [2.24, 2.45) is 0 Å². The molecule has 0 spiro atoms. The van der Waals surface area contributed by atoms with Gasteiger partial charge in [0, 0.05) is 12.1 Å². The molecule has 0 amide bonds. The molecule has 0 aliphatic heterocycles. The molecule has 0 saturated carbocycles. The standard InChI is InChI=1S/C18H19N3O4/c1-4-20-11(3)19-17-15(20)16(22)13(18(23)25-5-2)14(21(17)24)12-9-7-6-8-10-12/h6-10,24H,4-5H2,1-3H3. The lowest BCUT2D eigenvalue weighted by Gasteiger charge is -2.13. The van der Waals surface area contributed by atoms with Crippen LogP contribution in [0.25, 0.3) is 22.4 Å². The molecule has 1 N–H and O–H groups in total. The second kappa shape index (κ2) is 6.43. The van der Waals surface area contributed by atoms with Crippen LogP contribution in [0.5, 0.6) is 0 Å². The highest BCUT2D eigenvalue weighted by Crippen LogP contribution is 2.26. The minimum absolute atomic E-state index is 0.0808. The molecule has 1 aromatic carbocycles. The Kier molecular flexibility index (Phi) is 4.31. The van der Waals surface area contributed by atoms with E-state index in [1.807, 2.05) is 13.0 Å². The number of pyridine rings is 1. The van der Waals surface area contributed by atoms with Gasteiger partial charge in [-0.15, -0.1) is 0 Å². The maximum atomic E-state index is 13.1. The number of rotatable bonds is 4. The van der Waals surface area contributed by atoms with Gasteiger partial charge in [-0.25, -0.2) is 9.78 Å². The number of hydrogen-bond acceptors (Lipinski definition) is 5. The van der Waals surface area contributed by atoms with Gasteiger partial charge in [0.25, 0.3) is 0 Å². The van der Waals surface area contributed by atoms with Crippen LogP contribution in [0.1, 0.15) is 30.0 Å². The Labute approximate surface area is 144 Å². The van der Waals surface area contributed by atoms with E-state index in [0.717, 1.165) is 4.73 Å². The van der Waals surface area contributed by atoms with E-state index in [0.29, 0.717) is 17.9 Å². The maximum absolute atomic E-state index is 13.1. The molecule has 7 heteroatoms. The van der Waals surface area contributed by atoms with Crippen LogP contribution >= 0.6 is 0 Å². The van der Waals surface area contributed by atoms with Gasteiger partial charge in [0.15, 0.2) is 5.65 Å². The van der Waals surface area contributed by atoms with Crippen molar-refractivity contribution in [3.8, 4) is 11.3 Å². The summed E-state index contributed by atoms with van der Waals surface area (Å²) < 4.78 is 7.53. The molecule has 3 rings (SSSR count). The highest BCUT2D eigenvalue weighted by molar-refractivity contribution is 5.99. The number of ether oxygens (including phenoxy) is 1. The van der Waals surface area contributed by atoms with E-state index in [-0.39, 0.29) is 29.0 Å². The molecule has 0 unspecified atom stereocenters. The van der Waals surface area contributed by atoms with Gasteiger partial charge in [-0.2, -0.15) is 4.73 Å². The molecule has 0 radical (unpaired) electrons. The van der Waals surface area contributed by atoms with Crippen LogP contribution in [0.2, 0.25) is 0 Å². The SMILES string of the molecule is CCOC(=O)c1c(-c2ccccc2)n(O)c2nc(C)n(CC)c2c1=O. The van der Waals surface area contributed by atoms with Crippen molar-refractivity contribution in [3.63, 3.8) is 0 Å². The van der Waals surface area contributed by atoms with E-state index < -0.39 is 11.4 Å². The monoisotopic (exact) mass is 341 g/mol. The first-order chi connectivity index (χ1) is 12.0. The summed E-state index contributed by atoms with van der Waals surface area (Å²) in [4.78, 5) is 29.9. The third kappa shape index (κ3) is 2.57. The number of aryl methyl sites for hydroxylation is 2. The Morgan fingerprint density at radius 1 is 1.24 bits per heavy atom. The van der Waals surface area contributed by atoms with Crippen molar-refractivity contribution in [1.29, 1.82) is 0 Å². The summed E-state index contributed by atoms with van der Waals surface area (Å²) in [6, 6.07) is 8.74. The smallest absolute Gasteiger partial charge is 0.344 e. The predicted octanol–water partition coefficient (Wildman–Crippen LogP) is 2.61. The van der Waals surface area contributed by atoms with E-state index in [9.17, 15) is 14.8 Å². The molecule has 0 atom stereocenters. The Balaban J connectivity index is 2.49. The van der Waals surface area contributed by atoms with Crippen LogP contribution in [0.4, 0.5) is 0 Å². The molecule has 0 aliphatic rings. The van der Waals surface area contributed by atoms with Gasteiger partial charge in [0.05, 0.1) is 6.61 Å². The highest BCUT2D eigenvalue weighted by atomic mass is 16.5. The number of aromatic nitrogens is 3. The van der Waals surface area contributed by atoms with Crippen molar-refractivity contribution in [3.05, 3.63) is 51.9 Å². The molecule has 2 heterocycles. The van der Waals surface area contributed by atoms with E-state index in [1.54, 1.807) is 42.7 Å². The topological polar surface area (TPSA) is 86.3 Å². The molecular weight excluding hydrogens is 322 g/mol. The number of fused-ring (bicyclic) bond motifs is 1. The molecule has 2 aromatic heterocycles. The Morgan fingerprint density at radius 3 is 2.52 bits per heavy atom. The van der Waals surface area contributed by atoms with Gasteiger partial charge in [-0.3, -0.25) is 4.79 Å². The molecule has 0 bridgehead atoms. The summed E-state index contributed by atoms with van der Waals surface area (Å²) >= 11 is 0. The summed E-state index contributed by atoms with van der Waals surface area (Å²) in [6.45, 7) is 5.89. The first kappa shape index (κ1) is 16.8. The summed E-state index contributed by atoms with van der Waals surface area (Å²) in [7, 11) is 0. The number of hydrogen-bond donors (Lipinski definition) is 1. The van der Waals surface area contributed by atoms with Crippen LogP contribution in [-0.2, 0) is 11.3 Å². The number of esters is 1. The first-order valence-corrected chi connectivity index (χ1v) is 8.08. The highest BCUT2D eigenvalue weighted by Gasteiger charge is 2.27. The lowest BCUT2D eigenvalue weighted by atomic mass is 10.0. The lowest BCUT2D eigenvalue weighted by Crippen LogP contribution is -2.24. The van der Waals surface area contributed by atoms with Gasteiger partial charge in [0.2, 0.25) is 5.43 Å². The second-order valence-electron chi connectivity index (χ2n) is 5.53. The zero-order valence-corrected chi connectivity index (χ0v) is 14.3. The zero-order valence-electron chi connectivity index (χ0n) is 14.3.